The van der Waals surface area contributed by atoms with Crippen LogP contribution in [0.25, 0.3) is 0 Å². The van der Waals surface area contributed by atoms with Crippen molar-refractivity contribution in [2.24, 2.45) is 0 Å². The van der Waals surface area contributed by atoms with Gasteiger partial charge in [0.1, 0.15) is 24.2 Å². The summed E-state index contributed by atoms with van der Waals surface area (Å²) < 4.78 is 11.1. The molecule has 0 amide bonds. The highest BCUT2D eigenvalue weighted by Gasteiger charge is 2.13. The Balaban J connectivity index is 1.89. The Bertz CT molecular complexity index is 705. The van der Waals surface area contributed by atoms with E-state index in [9.17, 15) is 5.11 Å². The van der Waals surface area contributed by atoms with Crippen LogP contribution in [0.1, 0.15) is 16.7 Å². The van der Waals surface area contributed by atoms with Gasteiger partial charge < -0.3 is 14.6 Å². The molecule has 0 saturated heterocycles. The first kappa shape index (κ1) is 19.6. The van der Waals surface area contributed by atoms with Crippen LogP contribution in [0.3, 0.4) is 0 Å². The Kier molecular flexibility index (Phi) is 7.12. The molecule has 2 rings (SSSR count). The molecule has 5 heteroatoms. The number of aryl methyl sites for hydroxylation is 2. The van der Waals surface area contributed by atoms with Crippen LogP contribution < -0.4 is 9.47 Å². The van der Waals surface area contributed by atoms with Crippen molar-refractivity contribution < 1.29 is 14.6 Å². The van der Waals surface area contributed by atoms with Crippen LogP contribution in [-0.2, 0) is 6.54 Å². The number of halogens is 1. The third-order valence-electron chi connectivity index (χ3n) is 3.98. The van der Waals surface area contributed by atoms with Gasteiger partial charge in [-0.15, -0.1) is 0 Å². The summed E-state index contributed by atoms with van der Waals surface area (Å²) in [7, 11) is 3.58. The Labute approximate surface area is 154 Å². The summed E-state index contributed by atoms with van der Waals surface area (Å²) in [5, 5.41) is 10.9. The second kappa shape index (κ2) is 9.09. The number of nitrogens with zero attached hydrogens (tertiary/aromatic N) is 1. The monoisotopic (exact) mass is 363 g/mol. The predicted molar refractivity (Wildman–Crippen MR) is 102 cm³/mol. The van der Waals surface area contributed by atoms with Gasteiger partial charge in [0.2, 0.25) is 0 Å². The molecule has 1 unspecified atom stereocenters. The summed E-state index contributed by atoms with van der Waals surface area (Å²) in [5.74, 6) is 1.61. The molecule has 0 fully saturated rings. The van der Waals surface area contributed by atoms with Crippen molar-refractivity contribution in [3.05, 3.63) is 58.1 Å². The van der Waals surface area contributed by atoms with Crippen molar-refractivity contribution in [2.45, 2.75) is 26.5 Å². The number of hydrogen-bond donors (Lipinski definition) is 1. The lowest BCUT2D eigenvalue weighted by Crippen LogP contribution is -2.33. The maximum absolute atomic E-state index is 10.3. The van der Waals surface area contributed by atoms with Crippen molar-refractivity contribution in [1.29, 1.82) is 0 Å². The maximum atomic E-state index is 10.3. The van der Waals surface area contributed by atoms with E-state index >= 15 is 0 Å². The zero-order valence-electron chi connectivity index (χ0n) is 15.3. The highest BCUT2D eigenvalue weighted by Crippen LogP contribution is 2.24. The topological polar surface area (TPSA) is 41.9 Å². The molecule has 4 nitrogen and oxygen atoms in total. The minimum atomic E-state index is -0.588. The van der Waals surface area contributed by atoms with Gasteiger partial charge in [-0.3, -0.25) is 4.90 Å². The fraction of sp³-hybridized carbons (Fsp3) is 0.400. The molecule has 0 aliphatic rings. The molecule has 2 aromatic carbocycles. The lowest BCUT2D eigenvalue weighted by molar-refractivity contribution is 0.0739. The Morgan fingerprint density at radius 3 is 2.60 bits per heavy atom. The normalized spacial score (nSPS) is 12.3. The fourth-order valence-electron chi connectivity index (χ4n) is 2.69. The molecular formula is C20H26ClNO3. The first-order valence-corrected chi connectivity index (χ1v) is 8.66. The van der Waals surface area contributed by atoms with Gasteiger partial charge in [0.05, 0.1) is 7.11 Å². The molecule has 1 N–H and O–H groups in total. The van der Waals surface area contributed by atoms with Crippen molar-refractivity contribution in [3.63, 3.8) is 0 Å². The SMILES string of the molecule is COc1ccc(Cl)cc1CN(C)CC(O)COc1cc(C)ccc1C. The first-order valence-electron chi connectivity index (χ1n) is 8.28. The maximum Gasteiger partial charge on any atom is 0.123 e. The van der Waals surface area contributed by atoms with Gasteiger partial charge in [0.25, 0.3) is 0 Å². The quantitative estimate of drug-likeness (QED) is 0.773. The van der Waals surface area contributed by atoms with Crippen molar-refractivity contribution in [2.75, 3.05) is 27.3 Å². The lowest BCUT2D eigenvalue weighted by atomic mass is 10.1. The number of methoxy groups -OCH3 is 1. The molecular weight excluding hydrogens is 338 g/mol. The molecule has 0 saturated carbocycles. The molecule has 136 valence electrons. The Morgan fingerprint density at radius 1 is 1.12 bits per heavy atom. The first-order chi connectivity index (χ1) is 11.9. The molecule has 2 aromatic rings. The number of aliphatic hydroxyl groups is 1. The fourth-order valence-corrected chi connectivity index (χ4v) is 2.88. The largest absolute Gasteiger partial charge is 0.496 e. The highest BCUT2D eigenvalue weighted by molar-refractivity contribution is 6.30. The molecule has 0 bridgehead atoms. The molecule has 0 aromatic heterocycles. The van der Waals surface area contributed by atoms with Crippen LogP contribution in [-0.4, -0.2) is 43.4 Å². The number of aliphatic hydroxyl groups excluding tert-OH is 1. The number of rotatable bonds is 8. The summed E-state index contributed by atoms with van der Waals surface area (Å²) in [6.45, 7) is 5.39. The van der Waals surface area contributed by atoms with Crippen LogP contribution in [0.2, 0.25) is 5.02 Å². The van der Waals surface area contributed by atoms with E-state index in [2.05, 4.69) is 0 Å². The number of likely N-dealkylation sites (N-methyl/N-ethyl adjacent to an activating group) is 1. The van der Waals surface area contributed by atoms with Gasteiger partial charge in [-0.1, -0.05) is 23.7 Å². The summed E-state index contributed by atoms with van der Waals surface area (Å²) in [6.07, 6.45) is -0.588. The Morgan fingerprint density at radius 2 is 1.88 bits per heavy atom. The summed E-state index contributed by atoms with van der Waals surface area (Å²) >= 11 is 6.06. The van der Waals surface area contributed by atoms with E-state index in [1.165, 1.54) is 0 Å². The third-order valence-corrected chi connectivity index (χ3v) is 4.22. The van der Waals surface area contributed by atoms with Crippen LogP contribution in [0.15, 0.2) is 36.4 Å². The molecule has 0 aliphatic carbocycles. The van der Waals surface area contributed by atoms with Crippen molar-refractivity contribution in [1.82, 2.24) is 4.90 Å². The predicted octanol–water partition coefficient (Wildman–Crippen LogP) is 3.84. The van der Waals surface area contributed by atoms with E-state index in [0.717, 1.165) is 28.2 Å². The van der Waals surface area contributed by atoms with E-state index in [1.54, 1.807) is 13.2 Å². The van der Waals surface area contributed by atoms with Crippen molar-refractivity contribution >= 4 is 11.6 Å². The van der Waals surface area contributed by atoms with Crippen molar-refractivity contribution in [3.8, 4) is 11.5 Å². The smallest absolute Gasteiger partial charge is 0.123 e. The van der Waals surface area contributed by atoms with Gasteiger partial charge in [-0.25, -0.2) is 0 Å². The van der Waals surface area contributed by atoms with E-state index in [0.29, 0.717) is 18.1 Å². The lowest BCUT2D eigenvalue weighted by Gasteiger charge is -2.22. The number of hydrogen-bond acceptors (Lipinski definition) is 4. The molecule has 1 atom stereocenters. The van der Waals surface area contributed by atoms with E-state index in [-0.39, 0.29) is 6.61 Å². The molecule has 25 heavy (non-hydrogen) atoms. The molecule has 0 spiro atoms. The van der Waals surface area contributed by atoms with Gasteiger partial charge >= 0.3 is 0 Å². The Hall–Kier alpha value is -1.75. The second-order valence-corrected chi connectivity index (χ2v) is 6.82. The van der Waals surface area contributed by atoms with Gasteiger partial charge in [-0.2, -0.15) is 0 Å². The standard InChI is InChI=1S/C20H26ClNO3/c1-14-5-6-15(2)20(9-14)25-13-18(23)12-22(3)11-16-10-17(21)7-8-19(16)24-4/h5-10,18,23H,11-13H2,1-4H3. The van der Waals surface area contributed by atoms with E-state index < -0.39 is 6.10 Å². The minimum absolute atomic E-state index is 0.251. The summed E-state index contributed by atoms with van der Waals surface area (Å²) in [6, 6.07) is 11.6. The zero-order valence-corrected chi connectivity index (χ0v) is 16.0. The van der Waals surface area contributed by atoms with Gasteiger partial charge in [0, 0.05) is 23.7 Å². The van der Waals surface area contributed by atoms with E-state index in [4.69, 9.17) is 21.1 Å². The van der Waals surface area contributed by atoms with Crippen LogP contribution in [0, 0.1) is 13.8 Å². The van der Waals surface area contributed by atoms with Gasteiger partial charge in [0.15, 0.2) is 0 Å². The van der Waals surface area contributed by atoms with Crippen LogP contribution in [0.5, 0.6) is 11.5 Å². The van der Waals surface area contributed by atoms with Crippen LogP contribution >= 0.6 is 11.6 Å². The van der Waals surface area contributed by atoms with Crippen LogP contribution in [0.4, 0.5) is 0 Å². The second-order valence-electron chi connectivity index (χ2n) is 6.39. The average molecular weight is 364 g/mol. The number of ether oxygens (including phenoxy) is 2. The van der Waals surface area contributed by atoms with E-state index in [1.807, 2.05) is 56.1 Å². The molecule has 0 radical (unpaired) electrons. The highest BCUT2D eigenvalue weighted by atomic mass is 35.5. The minimum Gasteiger partial charge on any atom is -0.496 e. The number of benzene rings is 2. The molecule has 0 aliphatic heterocycles. The van der Waals surface area contributed by atoms with Gasteiger partial charge in [-0.05, 0) is 56.3 Å². The summed E-state index contributed by atoms with van der Waals surface area (Å²) in [4.78, 5) is 2.02. The zero-order chi connectivity index (χ0) is 18.4. The average Bonchev–Trinajstić information content (AvgIpc) is 2.56. The third kappa shape index (κ3) is 5.92. The molecule has 0 heterocycles. The summed E-state index contributed by atoms with van der Waals surface area (Å²) in [5.41, 5.74) is 3.19.